The molecule has 1 nitrogen and oxygen atoms in total. The van der Waals surface area contributed by atoms with Gasteiger partial charge in [0.15, 0.2) is 0 Å². The summed E-state index contributed by atoms with van der Waals surface area (Å²) in [6, 6.07) is 6.32. The van der Waals surface area contributed by atoms with Crippen LogP contribution in [0.2, 0.25) is 0 Å². The van der Waals surface area contributed by atoms with E-state index in [2.05, 4.69) is 41.9 Å². The van der Waals surface area contributed by atoms with Crippen molar-refractivity contribution in [3.8, 4) is 0 Å². The molecule has 1 heteroatoms. The van der Waals surface area contributed by atoms with E-state index in [0.29, 0.717) is 0 Å². The molecule has 0 aromatic heterocycles. The molecule has 1 rings (SSSR count). The molecule has 88 valence electrons. The van der Waals surface area contributed by atoms with Crippen LogP contribution in [-0.2, 0) is 0 Å². The summed E-state index contributed by atoms with van der Waals surface area (Å²) in [5.41, 5.74) is 4.63. The molecule has 0 atom stereocenters. The Morgan fingerprint density at radius 3 is 2.53 bits per heavy atom. The molecular weight excluding hydrogens is 206 g/mol. The molecule has 0 unspecified atom stereocenters. The number of nitrogens with zero attached hydrogens (tertiary/aromatic N) is 1. The Morgan fingerprint density at radius 1 is 1.24 bits per heavy atom. The summed E-state index contributed by atoms with van der Waals surface area (Å²) in [5.74, 6) is 0. The van der Waals surface area contributed by atoms with Gasteiger partial charge in [0, 0.05) is 13.3 Å². The van der Waals surface area contributed by atoms with Crippen LogP contribution in [0.5, 0.6) is 0 Å². The molecule has 0 aliphatic rings. The molecule has 0 bridgehead atoms. The van der Waals surface area contributed by atoms with Crippen molar-refractivity contribution < 1.29 is 0 Å². The van der Waals surface area contributed by atoms with Gasteiger partial charge < -0.3 is 0 Å². The van der Waals surface area contributed by atoms with Gasteiger partial charge in [0.1, 0.15) is 0 Å². The summed E-state index contributed by atoms with van der Waals surface area (Å²) >= 11 is 0. The monoisotopic (exact) mass is 225 g/mol. The maximum atomic E-state index is 4.04. The van der Waals surface area contributed by atoms with Gasteiger partial charge in [-0.25, -0.2) is 0 Å². The Hall–Kier alpha value is -1.89. The zero-order chi connectivity index (χ0) is 12.7. The SMILES string of the molecule is C=Cc1cc(C(/C=C\C)=C/C)ccc1C=NC. The van der Waals surface area contributed by atoms with E-state index in [-0.39, 0.29) is 0 Å². The largest absolute Gasteiger partial charge is 0.296 e. The Bertz CT molecular complexity index is 476. The number of aliphatic imine (C=N–C) groups is 1. The second-order valence-electron chi connectivity index (χ2n) is 3.68. The van der Waals surface area contributed by atoms with E-state index in [9.17, 15) is 0 Å². The number of benzene rings is 1. The van der Waals surface area contributed by atoms with Gasteiger partial charge in [-0.2, -0.15) is 0 Å². The van der Waals surface area contributed by atoms with Crippen LogP contribution in [0.4, 0.5) is 0 Å². The Kier molecular flexibility index (Phi) is 5.15. The van der Waals surface area contributed by atoms with E-state index in [1.54, 1.807) is 7.05 Å². The van der Waals surface area contributed by atoms with Crippen molar-refractivity contribution >= 4 is 17.9 Å². The molecule has 0 radical (unpaired) electrons. The molecule has 0 saturated carbocycles. The van der Waals surface area contributed by atoms with Crippen molar-refractivity contribution in [1.82, 2.24) is 0 Å². The lowest BCUT2D eigenvalue weighted by atomic mass is 9.99. The van der Waals surface area contributed by atoms with Gasteiger partial charge in [0.2, 0.25) is 0 Å². The molecule has 17 heavy (non-hydrogen) atoms. The van der Waals surface area contributed by atoms with Crippen molar-refractivity contribution in [2.24, 2.45) is 4.99 Å². The Morgan fingerprint density at radius 2 is 2.00 bits per heavy atom. The molecule has 1 aromatic rings. The third-order valence-corrected chi connectivity index (χ3v) is 2.57. The molecule has 0 spiro atoms. The van der Waals surface area contributed by atoms with Gasteiger partial charge in [0.05, 0.1) is 0 Å². The minimum atomic E-state index is 1.10. The average Bonchev–Trinajstić information content (AvgIpc) is 2.37. The van der Waals surface area contributed by atoms with Gasteiger partial charge >= 0.3 is 0 Å². The highest BCUT2D eigenvalue weighted by Crippen LogP contribution is 2.20. The minimum Gasteiger partial charge on any atom is -0.296 e. The first-order valence-corrected chi connectivity index (χ1v) is 5.74. The van der Waals surface area contributed by atoms with Gasteiger partial charge in [-0.3, -0.25) is 4.99 Å². The molecule has 0 aliphatic heterocycles. The maximum absolute atomic E-state index is 4.04. The lowest BCUT2D eigenvalue weighted by Crippen LogP contribution is -1.90. The smallest absolute Gasteiger partial charge is 0.0287 e. The number of rotatable bonds is 4. The molecule has 0 N–H and O–H groups in total. The number of hydrogen-bond acceptors (Lipinski definition) is 1. The Labute approximate surface area is 104 Å². The second kappa shape index (κ2) is 6.64. The topological polar surface area (TPSA) is 12.4 Å². The fourth-order valence-electron chi connectivity index (χ4n) is 1.73. The summed E-state index contributed by atoms with van der Waals surface area (Å²) in [5, 5.41) is 0. The number of hydrogen-bond donors (Lipinski definition) is 0. The lowest BCUT2D eigenvalue weighted by molar-refractivity contribution is 1.45. The van der Waals surface area contributed by atoms with Crippen LogP contribution in [0.3, 0.4) is 0 Å². The normalized spacial score (nSPS) is 12.5. The zero-order valence-electron chi connectivity index (χ0n) is 10.8. The van der Waals surface area contributed by atoms with E-state index in [4.69, 9.17) is 0 Å². The summed E-state index contributed by atoms with van der Waals surface area (Å²) in [6.45, 7) is 7.92. The van der Waals surface area contributed by atoms with Crippen LogP contribution in [0.1, 0.15) is 30.5 Å². The highest BCUT2D eigenvalue weighted by molar-refractivity contribution is 5.87. The van der Waals surface area contributed by atoms with Crippen molar-refractivity contribution in [2.75, 3.05) is 7.05 Å². The maximum Gasteiger partial charge on any atom is 0.0287 e. The fraction of sp³-hybridized carbons (Fsp3) is 0.188. The highest BCUT2D eigenvalue weighted by atomic mass is 14.6. The average molecular weight is 225 g/mol. The summed E-state index contributed by atoms with van der Waals surface area (Å²) in [7, 11) is 1.78. The van der Waals surface area contributed by atoms with Crippen LogP contribution in [0.15, 0.2) is 48.0 Å². The van der Waals surface area contributed by atoms with E-state index in [0.717, 1.165) is 11.1 Å². The first kappa shape index (κ1) is 13.2. The first-order chi connectivity index (χ1) is 8.26. The van der Waals surface area contributed by atoms with E-state index in [1.807, 2.05) is 32.2 Å². The van der Waals surface area contributed by atoms with Crippen molar-refractivity contribution in [2.45, 2.75) is 13.8 Å². The number of allylic oxidation sites excluding steroid dienone is 4. The molecule has 1 aromatic carbocycles. The molecule has 0 heterocycles. The summed E-state index contributed by atoms with van der Waals surface area (Å²) in [6.07, 6.45) is 9.98. The van der Waals surface area contributed by atoms with E-state index < -0.39 is 0 Å². The van der Waals surface area contributed by atoms with Crippen LogP contribution in [0, 0.1) is 0 Å². The molecular formula is C16H19N. The molecule has 0 fully saturated rings. The Balaban J connectivity index is 3.26. The van der Waals surface area contributed by atoms with E-state index >= 15 is 0 Å². The highest BCUT2D eigenvalue weighted by Gasteiger charge is 2.01. The third-order valence-electron chi connectivity index (χ3n) is 2.57. The van der Waals surface area contributed by atoms with Gasteiger partial charge in [0.25, 0.3) is 0 Å². The predicted octanol–water partition coefficient (Wildman–Crippen LogP) is 4.36. The van der Waals surface area contributed by atoms with Gasteiger partial charge in [-0.15, -0.1) is 0 Å². The molecule has 0 saturated heterocycles. The van der Waals surface area contributed by atoms with Crippen molar-refractivity contribution in [3.63, 3.8) is 0 Å². The molecule has 0 amide bonds. The molecule has 0 aliphatic carbocycles. The van der Waals surface area contributed by atoms with E-state index in [1.165, 1.54) is 11.1 Å². The van der Waals surface area contributed by atoms with Crippen molar-refractivity contribution in [1.29, 1.82) is 0 Å². The predicted molar refractivity (Wildman–Crippen MR) is 78.5 cm³/mol. The fourth-order valence-corrected chi connectivity index (χ4v) is 1.73. The standard InChI is InChI=1S/C16H19N/c1-5-8-13(6-2)15-9-10-16(12-17-4)14(7-3)11-15/h5-12H,3H2,1-2,4H3/b8-5-,13-6+,17-12?. The minimum absolute atomic E-state index is 1.10. The van der Waals surface area contributed by atoms with Crippen LogP contribution in [-0.4, -0.2) is 13.3 Å². The lowest BCUT2D eigenvalue weighted by Gasteiger charge is -2.06. The second-order valence-corrected chi connectivity index (χ2v) is 3.68. The first-order valence-electron chi connectivity index (χ1n) is 5.74. The van der Waals surface area contributed by atoms with Crippen LogP contribution < -0.4 is 0 Å². The van der Waals surface area contributed by atoms with Crippen LogP contribution >= 0.6 is 0 Å². The van der Waals surface area contributed by atoms with Crippen LogP contribution in [0.25, 0.3) is 11.6 Å². The third kappa shape index (κ3) is 3.28. The quantitative estimate of drug-likeness (QED) is 0.533. The summed E-state index contributed by atoms with van der Waals surface area (Å²) < 4.78 is 0. The van der Waals surface area contributed by atoms with Crippen molar-refractivity contribution in [3.05, 3.63) is 59.7 Å². The zero-order valence-corrected chi connectivity index (χ0v) is 10.8. The van der Waals surface area contributed by atoms with Gasteiger partial charge in [-0.1, -0.05) is 43.0 Å². The summed E-state index contributed by atoms with van der Waals surface area (Å²) in [4.78, 5) is 4.04. The van der Waals surface area contributed by atoms with Gasteiger partial charge in [-0.05, 0) is 42.2 Å².